The van der Waals surface area contributed by atoms with Gasteiger partial charge in [-0.1, -0.05) is 0 Å². The Labute approximate surface area is 152 Å². The van der Waals surface area contributed by atoms with Crippen LogP contribution in [0.25, 0.3) is 0 Å². The molecular weight excluding hydrogens is 330 g/mol. The summed E-state index contributed by atoms with van der Waals surface area (Å²) in [5.74, 6) is 0.0111. The standard InChI is InChI=1S/C19H23N5O2/c1-14(25)23-12-5-15-13-16(3-4-17(15)23)22-18(26)19(6-9-20-10-7-19)24-11-2-8-21-24/h2-4,8,11,13,20H,5-7,9-10,12H2,1H3,(H,22,26). The molecule has 2 aliphatic rings. The molecule has 7 nitrogen and oxygen atoms in total. The van der Waals surface area contributed by atoms with Crippen LogP contribution in [0.2, 0.25) is 0 Å². The summed E-state index contributed by atoms with van der Waals surface area (Å²) in [5, 5.41) is 10.7. The molecular formula is C19H23N5O2. The first-order chi connectivity index (χ1) is 12.6. The van der Waals surface area contributed by atoms with E-state index < -0.39 is 5.54 Å². The summed E-state index contributed by atoms with van der Waals surface area (Å²) in [7, 11) is 0. The van der Waals surface area contributed by atoms with E-state index >= 15 is 0 Å². The third-order valence-electron chi connectivity index (χ3n) is 5.41. The summed E-state index contributed by atoms with van der Waals surface area (Å²) >= 11 is 0. The van der Waals surface area contributed by atoms with Gasteiger partial charge in [0.15, 0.2) is 0 Å². The topological polar surface area (TPSA) is 79.3 Å². The highest BCUT2D eigenvalue weighted by atomic mass is 16.2. The number of hydrogen-bond acceptors (Lipinski definition) is 4. The molecule has 26 heavy (non-hydrogen) atoms. The van der Waals surface area contributed by atoms with Crippen molar-refractivity contribution >= 4 is 23.2 Å². The first-order valence-electron chi connectivity index (χ1n) is 9.03. The average Bonchev–Trinajstić information content (AvgIpc) is 3.32. The van der Waals surface area contributed by atoms with E-state index in [4.69, 9.17) is 0 Å². The molecule has 1 fully saturated rings. The van der Waals surface area contributed by atoms with Crippen LogP contribution in [0.3, 0.4) is 0 Å². The molecule has 0 spiro atoms. The lowest BCUT2D eigenvalue weighted by molar-refractivity contribution is -0.126. The molecule has 0 bridgehead atoms. The Kier molecular flexibility index (Phi) is 4.24. The summed E-state index contributed by atoms with van der Waals surface area (Å²) in [6, 6.07) is 7.62. The van der Waals surface area contributed by atoms with E-state index in [1.807, 2.05) is 30.5 Å². The number of aromatic nitrogens is 2. The normalized spacial score (nSPS) is 18.4. The number of piperidine rings is 1. The molecule has 1 aromatic heterocycles. The van der Waals surface area contributed by atoms with Gasteiger partial charge >= 0.3 is 0 Å². The molecule has 0 radical (unpaired) electrons. The maximum atomic E-state index is 13.2. The summed E-state index contributed by atoms with van der Waals surface area (Å²) in [6.07, 6.45) is 5.78. The minimum atomic E-state index is -0.667. The van der Waals surface area contributed by atoms with Crippen LogP contribution in [0.1, 0.15) is 25.3 Å². The summed E-state index contributed by atoms with van der Waals surface area (Å²) < 4.78 is 1.79. The van der Waals surface area contributed by atoms with E-state index in [0.717, 1.165) is 36.4 Å². The number of carbonyl (C=O) groups excluding carboxylic acids is 2. The van der Waals surface area contributed by atoms with Crippen LogP contribution in [0, 0.1) is 0 Å². The van der Waals surface area contributed by atoms with Crippen molar-refractivity contribution < 1.29 is 9.59 Å². The largest absolute Gasteiger partial charge is 0.324 e. The van der Waals surface area contributed by atoms with Crippen LogP contribution >= 0.6 is 0 Å². The Morgan fingerprint density at radius 2 is 2.08 bits per heavy atom. The smallest absolute Gasteiger partial charge is 0.252 e. The highest BCUT2D eigenvalue weighted by Crippen LogP contribution is 2.32. The van der Waals surface area contributed by atoms with Gasteiger partial charge in [-0.2, -0.15) is 5.10 Å². The maximum Gasteiger partial charge on any atom is 0.252 e. The first kappa shape index (κ1) is 16.8. The first-order valence-corrected chi connectivity index (χ1v) is 9.03. The molecule has 2 N–H and O–H groups in total. The molecule has 1 aromatic carbocycles. The van der Waals surface area contributed by atoms with Gasteiger partial charge < -0.3 is 15.5 Å². The molecule has 3 heterocycles. The van der Waals surface area contributed by atoms with Crippen molar-refractivity contribution in [2.24, 2.45) is 0 Å². The Bertz CT molecular complexity index is 824. The predicted octanol–water partition coefficient (Wildman–Crippen LogP) is 1.51. The Hall–Kier alpha value is -2.67. The van der Waals surface area contributed by atoms with Crippen molar-refractivity contribution in [1.82, 2.24) is 15.1 Å². The maximum absolute atomic E-state index is 13.2. The van der Waals surface area contributed by atoms with Crippen molar-refractivity contribution in [1.29, 1.82) is 0 Å². The monoisotopic (exact) mass is 353 g/mol. The fraction of sp³-hybridized carbons (Fsp3) is 0.421. The minimum Gasteiger partial charge on any atom is -0.324 e. The number of nitrogens with one attached hydrogen (secondary N) is 2. The Balaban J connectivity index is 1.59. The van der Waals surface area contributed by atoms with Gasteiger partial charge in [-0.15, -0.1) is 0 Å². The van der Waals surface area contributed by atoms with Gasteiger partial charge in [-0.3, -0.25) is 14.3 Å². The summed E-state index contributed by atoms with van der Waals surface area (Å²) in [4.78, 5) is 26.7. The molecule has 1 saturated heterocycles. The van der Waals surface area contributed by atoms with Gasteiger partial charge in [0, 0.05) is 37.2 Å². The highest BCUT2D eigenvalue weighted by Gasteiger charge is 2.42. The fourth-order valence-electron chi connectivity index (χ4n) is 3.98. The van der Waals surface area contributed by atoms with E-state index in [1.165, 1.54) is 0 Å². The van der Waals surface area contributed by atoms with E-state index in [-0.39, 0.29) is 11.8 Å². The summed E-state index contributed by atoms with van der Waals surface area (Å²) in [6.45, 7) is 3.84. The molecule has 4 rings (SSSR count). The fourth-order valence-corrected chi connectivity index (χ4v) is 3.98. The van der Waals surface area contributed by atoms with Crippen LogP contribution in [0.4, 0.5) is 11.4 Å². The molecule has 136 valence electrons. The second-order valence-corrected chi connectivity index (χ2v) is 6.95. The Morgan fingerprint density at radius 3 is 2.77 bits per heavy atom. The lowest BCUT2D eigenvalue weighted by atomic mass is 9.87. The molecule has 0 atom stereocenters. The van der Waals surface area contributed by atoms with E-state index in [1.54, 1.807) is 22.7 Å². The minimum absolute atomic E-state index is 0.0379. The van der Waals surface area contributed by atoms with Crippen LogP contribution < -0.4 is 15.5 Å². The molecule has 0 aliphatic carbocycles. The second-order valence-electron chi connectivity index (χ2n) is 6.95. The van der Waals surface area contributed by atoms with E-state index in [0.29, 0.717) is 19.4 Å². The third-order valence-corrected chi connectivity index (χ3v) is 5.41. The summed E-state index contributed by atoms with van der Waals surface area (Å²) in [5.41, 5.74) is 2.14. The third kappa shape index (κ3) is 2.78. The van der Waals surface area contributed by atoms with E-state index in [2.05, 4.69) is 15.7 Å². The van der Waals surface area contributed by atoms with Crippen molar-refractivity contribution in [2.75, 3.05) is 29.9 Å². The number of fused-ring (bicyclic) bond motifs is 1. The zero-order valence-electron chi connectivity index (χ0n) is 14.9. The number of nitrogens with zero attached hydrogens (tertiary/aromatic N) is 3. The number of carbonyl (C=O) groups is 2. The Morgan fingerprint density at radius 1 is 1.27 bits per heavy atom. The SMILES string of the molecule is CC(=O)N1CCc2cc(NC(=O)C3(n4cccn4)CCNCC3)ccc21. The van der Waals surface area contributed by atoms with Gasteiger partial charge in [0.25, 0.3) is 5.91 Å². The number of anilines is 2. The van der Waals surface area contributed by atoms with Crippen LogP contribution in [-0.4, -0.2) is 41.2 Å². The lowest BCUT2D eigenvalue weighted by Crippen LogP contribution is -2.52. The average molecular weight is 353 g/mol. The zero-order chi connectivity index (χ0) is 18.1. The van der Waals surface area contributed by atoms with Crippen molar-refractivity contribution in [3.8, 4) is 0 Å². The molecule has 7 heteroatoms. The van der Waals surface area contributed by atoms with Gasteiger partial charge in [0.2, 0.25) is 5.91 Å². The molecule has 2 amide bonds. The number of amides is 2. The van der Waals surface area contributed by atoms with Crippen molar-refractivity contribution in [3.63, 3.8) is 0 Å². The molecule has 0 unspecified atom stereocenters. The van der Waals surface area contributed by atoms with Crippen LogP contribution in [0.5, 0.6) is 0 Å². The number of rotatable bonds is 3. The van der Waals surface area contributed by atoms with Gasteiger partial charge in [0.1, 0.15) is 5.54 Å². The van der Waals surface area contributed by atoms with Gasteiger partial charge in [0.05, 0.1) is 0 Å². The second kappa shape index (κ2) is 6.57. The zero-order valence-corrected chi connectivity index (χ0v) is 14.9. The lowest BCUT2D eigenvalue weighted by Gasteiger charge is -2.36. The molecule has 2 aromatic rings. The predicted molar refractivity (Wildman–Crippen MR) is 99.1 cm³/mol. The van der Waals surface area contributed by atoms with Crippen molar-refractivity contribution in [2.45, 2.75) is 31.7 Å². The number of hydrogen-bond donors (Lipinski definition) is 2. The number of benzene rings is 1. The van der Waals surface area contributed by atoms with Gasteiger partial charge in [-0.25, -0.2) is 0 Å². The van der Waals surface area contributed by atoms with Crippen LogP contribution in [-0.2, 0) is 21.5 Å². The quantitative estimate of drug-likeness (QED) is 0.877. The van der Waals surface area contributed by atoms with Crippen molar-refractivity contribution in [3.05, 3.63) is 42.2 Å². The van der Waals surface area contributed by atoms with Gasteiger partial charge in [-0.05, 0) is 62.2 Å². The molecule has 2 aliphatic heterocycles. The van der Waals surface area contributed by atoms with Crippen LogP contribution in [0.15, 0.2) is 36.7 Å². The van der Waals surface area contributed by atoms with E-state index in [9.17, 15) is 9.59 Å². The molecule has 0 saturated carbocycles. The highest BCUT2D eigenvalue weighted by molar-refractivity contribution is 5.98.